The summed E-state index contributed by atoms with van der Waals surface area (Å²) in [6.45, 7) is 2.80. The second-order valence-electron chi connectivity index (χ2n) is 7.22. The van der Waals surface area contributed by atoms with Crippen molar-refractivity contribution in [2.75, 3.05) is 19.6 Å². The molecule has 1 atom stereocenters. The fourth-order valence-electron chi connectivity index (χ4n) is 4.36. The van der Waals surface area contributed by atoms with Crippen LogP contribution in [0, 0.1) is 11.3 Å². The molecule has 2 saturated heterocycles. The van der Waals surface area contributed by atoms with Crippen LogP contribution in [0.1, 0.15) is 64.2 Å². The lowest BCUT2D eigenvalue weighted by Gasteiger charge is -2.27. The van der Waals surface area contributed by atoms with Gasteiger partial charge in [0.15, 0.2) is 0 Å². The van der Waals surface area contributed by atoms with Crippen molar-refractivity contribution < 1.29 is 9.59 Å². The molecule has 3 aliphatic rings. The maximum Gasteiger partial charge on any atom is 0.235 e. The molecule has 0 radical (unpaired) electrons. The van der Waals surface area contributed by atoms with Crippen LogP contribution >= 0.6 is 0 Å². The summed E-state index contributed by atoms with van der Waals surface area (Å²) in [5.41, 5.74) is -0.321. The van der Waals surface area contributed by atoms with E-state index in [9.17, 15) is 9.59 Å². The van der Waals surface area contributed by atoms with Gasteiger partial charge in [-0.05, 0) is 51.1 Å². The van der Waals surface area contributed by atoms with Crippen molar-refractivity contribution >= 4 is 11.8 Å². The van der Waals surface area contributed by atoms with Gasteiger partial charge >= 0.3 is 0 Å². The molecule has 1 saturated carbocycles. The highest BCUT2D eigenvalue weighted by Gasteiger charge is 2.50. The van der Waals surface area contributed by atoms with E-state index in [0.29, 0.717) is 18.9 Å². The van der Waals surface area contributed by atoms with Gasteiger partial charge in [0.1, 0.15) is 0 Å². The first kappa shape index (κ1) is 15.0. The number of hydrogen-bond donors (Lipinski definition) is 1. The second-order valence-corrected chi connectivity index (χ2v) is 7.22. The zero-order chi connectivity index (χ0) is 14.7. The summed E-state index contributed by atoms with van der Waals surface area (Å²) in [6, 6.07) is 0. The zero-order valence-electron chi connectivity index (χ0n) is 13.0. The van der Waals surface area contributed by atoms with Crippen LogP contribution in [0.25, 0.3) is 0 Å². The van der Waals surface area contributed by atoms with Crippen molar-refractivity contribution in [3.05, 3.63) is 0 Å². The van der Waals surface area contributed by atoms with Crippen molar-refractivity contribution in [1.29, 1.82) is 0 Å². The largest absolute Gasteiger partial charge is 0.316 e. The van der Waals surface area contributed by atoms with E-state index in [1.807, 2.05) is 0 Å². The molecular weight excluding hydrogens is 264 g/mol. The smallest absolute Gasteiger partial charge is 0.235 e. The molecule has 1 aliphatic carbocycles. The van der Waals surface area contributed by atoms with Gasteiger partial charge in [0, 0.05) is 13.0 Å². The van der Waals surface area contributed by atoms with E-state index in [2.05, 4.69) is 5.32 Å². The lowest BCUT2D eigenvalue weighted by molar-refractivity contribution is -0.142. The summed E-state index contributed by atoms with van der Waals surface area (Å²) in [6.07, 6.45) is 10.4. The number of piperidine rings is 1. The predicted octanol–water partition coefficient (Wildman–Crippen LogP) is 2.48. The normalized spacial score (nSPS) is 29.9. The summed E-state index contributed by atoms with van der Waals surface area (Å²) in [5, 5.41) is 3.41. The van der Waals surface area contributed by atoms with E-state index in [0.717, 1.165) is 45.2 Å². The maximum atomic E-state index is 12.8. The van der Waals surface area contributed by atoms with Crippen molar-refractivity contribution in [2.24, 2.45) is 11.3 Å². The van der Waals surface area contributed by atoms with E-state index in [4.69, 9.17) is 0 Å². The summed E-state index contributed by atoms with van der Waals surface area (Å²) < 4.78 is 0. The molecule has 2 amide bonds. The SMILES string of the molecule is O=C1CC2(CCCCCC2)C(=O)N1CCC1CCCNC1. The van der Waals surface area contributed by atoms with Crippen molar-refractivity contribution in [3.63, 3.8) is 0 Å². The third-order valence-electron chi connectivity index (χ3n) is 5.71. The van der Waals surface area contributed by atoms with Crippen molar-refractivity contribution in [3.8, 4) is 0 Å². The van der Waals surface area contributed by atoms with Crippen molar-refractivity contribution in [2.45, 2.75) is 64.2 Å². The van der Waals surface area contributed by atoms with E-state index < -0.39 is 0 Å². The summed E-state index contributed by atoms with van der Waals surface area (Å²) >= 11 is 0. The minimum absolute atomic E-state index is 0.0886. The lowest BCUT2D eigenvalue weighted by Crippen LogP contribution is -2.38. The molecule has 4 nitrogen and oxygen atoms in total. The molecule has 0 aromatic heterocycles. The van der Waals surface area contributed by atoms with Gasteiger partial charge in [-0.2, -0.15) is 0 Å². The number of rotatable bonds is 3. The van der Waals surface area contributed by atoms with E-state index in [-0.39, 0.29) is 17.2 Å². The van der Waals surface area contributed by atoms with Gasteiger partial charge in [-0.1, -0.05) is 25.7 Å². The Labute approximate surface area is 127 Å². The van der Waals surface area contributed by atoms with Crippen LogP contribution in [-0.2, 0) is 9.59 Å². The molecule has 0 aromatic carbocycles. The number of amides is 2. The van der Waals surface area contributed by atoms with Gasteiger partial charge < -0.3 is 5.32 Å². The van der Waals surface area contributed by atoms with E-state index in [1.54, 1.807) is 4.90 Å². The van der Waals surface area contributed by atoms with Crippen LogP contribution in [0.15, 0.2) is 0 Å². The molecule has 2 heterocycles. The molecule has 3 fully saturated rings. The van der Waals surface area contributed by atoms with Gasteiger partial charge in [0.2, 0.25) is 11.8 Å². The molecule has 1 N–H and O–H groups in total. The van der Waals surface area contributed by atoms with Gasteiger partial charge in [-0.3, -0.25) is 14.5 Å². The quantitative estimate of drug-likeness (QED) is 0.813. The monoisotopic (exact) mass is 292 g/mol. The Morgan fingerprint density at radius 2 is 1.86 bits per heavy atom. The Kier molecular flexibility index (Phi) is 4.63. The maximum absolute atomic E-state index is 12.8. The molecule has 1 unspecified atom stereocenters. The Morgan fingerprint density at radius 1 is 1.10 bits per heavy atom. The minimum atomic E-state index is -0.321. The van der Waals surface area contributed by atoms with Gasteiger partial charge in [0.25, 0.3) is 0 Å². The second kappa shape index (κ2) is 6.47. The lowest BCUT2D eigenvalue weighted by atomic mass is 9.79. The Morgan fingerprint density at radius 3 is 2.52 bits per heavy atom. The number of likely N-dealkylation sites (tertiary alicyclic amines) is 1. The number of hydrogen-bond acceptors (Lipinski definition) is 3. The molecule has 118 valence electrons. The van der Waals surface area contributed by atoms with Crippen LogP contribution in [-0.4, -0.2) is 36.3 Å². The Balaban J connectivity index is 1.60. The molecule has 1 spiro atoms. The third-order valence-corrected chi connectivity index (χ3v) is 5.71. The first-order valence-corrected chi connectivity index (χ1v) is 8.77. The predicted molar refractivity (Wildman–Crippen MR) is 81.7 cm³/mol. The summed E-state index contributed by atoms with van der Waals surface area (Å²) in [5.74, 6) is 0.869. The fourth-order valence-corrected chi connectivity index (χ4v) is 4.36. The van der Waals surface area contributed by atoms with E-state index in [1.165, 1.54) is 25.7 Å². The van der Waals surface area contributed by atoms with Gasteiger partial charge in [0.05, 0.1) is 5.41 Å². The average Bonchev–Trinajstić information content (AvgIpc) is 2.67. The number of carbonyl (C=O) groups excluding carboxylic acids is 2. The number of nitrogens with one attached hydrogen (secondary N) is 1. The summed E-state index contributed by atoms with van der Waals surface area (Å²) in [4.78, 5) is 26.7. The van der Waals surface area contributed by atoms with Crippen LogP contribution in [0.4, 0.5) is 0 Å². The molecule has 0 aromatic rings. The first-order chi connectivity index (χ1) is 10.2. The molecular formula is C17H28N2O2. The molecule has 0 bridgehead atoms. The Bertz CT molecular complexity index is 394. The number of carbonyl (C=O) groups is 2. The summed E-state index contributed by atoms with van der Waals surface area (Å²) in [7, 11) is 0. The number of imide groups is 1. The third kappa shape index (κ3) is 3.15. The van der Waals surface area contributed by atoms with Crippen LogP contribution in [0.5, 0.6) is 0 Å². The highest BCUT2D eigenvalue weighted by atomic mass is 16.2. The highest BCUT2D eigenvalue weighted by Crippen LogP contribution is 2.44. The minimum Gasteiger partial charge on any atom is -0.316 e. The molecule has 4 heteroatoms. The Hall–Kier alpha value is -0.900. The number of nitrogens with zero attached hydrogens (tertiary/aromatic N) is 1. The van der Waals surface area contributed by atoms with Crippen LogP contribution in [0.3, 0.4) is 0 Å². The molecule has 3 rings (SSSR count). The highest BCUT2D eigenvalue weighted by molar-refractivity contribution is 6.05. The topological polar surface area (TPSA) is 49.4 Å². The van der Waals surface area contributed by atoms with Crippen LogP contribution in [0.2, 0.25) is 0 Å². The van der Waals surface area contributed by atoms with Gasteiger partial charge in [-0.25, -0.2) is 0 Å². The standard InChI is InChI=1S/C17H28N2O2/c20-15-12-17(8-3-1-2-4-9-17)16(21)19(15)11-7-14-6-5-10-18-13-14/h14,18H,1-13H2. The van der Waals surface area contributed by atoms with Crippen LogP contribution < -0.4 is 5.32 Å². The van der Waals surface area contributed by atoms with Gasteiger partial charge in [-0.15, -0.1) is 0 Å². The average molecular weight is 292 g/mol. The van der Waals surface area contributed by atoms with Crippen molar-refractivity contribution in [1.82, 2.24) is 10.2 Å². The van der Waals surface area contributed by atoms with E-state index >= 15 is 0 Å². The zero-order valence-corrected chi connectivity index (χ0v) is 13.0. The molecule has 21 heavy (non-hydrogen) atoms. The first-order valence-electron chi connectivity index (χ1n) is 8.77. The fraction of sp³-hybridized carbons (Fsp3) is 0.882. The molecule has 2 aliphatic heterocycles.